The Morgan fingerprint density at radius 2 is 1.81 bits per heavy atom. The van der Waals surface area contributed by atoms with E-state index in [4.69, 9.17) is 4.74 Å². The highest BCUT2D eigenvalue weighted by molar-refractivity contribution is 7.14. The van der Waals surface area contributed by atoms with Crippen molar-refractivity contribution in [3.63, 3.8) is 0 Å². The first-order valence-corrected chi connectivity index (χ1v) is 8.31. The van der Waals surface area contributed by atoms with Crippen molar-refractivity contribution in [2.75, 3.05) is 5.32 Å². The molecule has 0 aliphatic heterocycles. The molecule has 0 saturated carbocycles. The van der Waals surface area contributed by atoms with Crippen LogP contribution in [0.4, 0.5) is 13.9 Å². The van der Waals surface area contributed by atoms with Gasteiger partial charge in [0.25, 0.3) is 5.91 Å². The van der Waals surface area contributed by atoms with Gasteiger partial charge in [-0.25, -0.2) is 13.8 Å². The fourth-order valence-electron chi connectivity index (χ4n) is 2.13. The molecule has 1 N–H and O–H groups in total. The van der Waals surface area contributed by atoms with Crippen molar-refractivity contribution in [3.05, 3.63) is 65.0 Å². The number of thiazole rings is 1. The van der Waals surface area contributed by atoms with Gasteiger partial charge >= 0.3 is 5.97 Å². The standard InChI is InChI=1S/C18H12F2N2O3S/c1-10(23)25-13-5-2-11(3-6-13)17(24)22-18-21-16(9-26-18)12-4-7-14(19)15(20)8-12/h2-9H,1H3,(H,21,22,24). The van der Waals surface area contributed by atoms with Crippen LogP contribution in [0.25, 0.3) is 11.3 Å². The molecule has 3 aromatic rings. The summed E-state index contributed by atoms with van der Waals surface area (Å²) in [4.78, 5) is 27.3. The van der Waals surface area contributed by atoms with E-state index in [0.29, 0.717) is 27.7 Å². The van der Waals surface area contributed by atoms with Gasteiger partial charge in [-0.2, -0.15) is 0 Å². The molecule has 1 heterocycles. The Balaban J connectivity index is 1.71. The highest BCUT2D eigenvalue weighted by Gasteiger charge is 2.12. The summed E-state index contributed by atoms with van der Waals surface area (Å²) in [7, 11) is 0. The predicted molar refractivity (Wildman–Crippen MR) is 93.2 cm³/mol. The van der Waals surface area contributed by atoms with Crippen molar-refractivity contribution in [1.82, 2.24) is 4.98 Å². The van der Waals surface area contributed by atoms with Crippen molar-refractivity contribution in [2.45, 2.75) is 6.92 Å². The number of anilines is 1. The quantitative estimate of drug-likeness (QED) is 0.547. The molecule has 1 amide bonds. The third-order valence-corrected chi connectivity index (χ3v) is 4.08. The highest BCUT2D eigenvalue weighted by atomic mass is 32.1. The smallest absolute Gasteiger partial charge is 0.308 e. The fraction of sp³-hybridized carbons (Fsp3) is 0.0556. The van der Waals surface area contributed by atoms with Crippen LogP contribution < -0.4 is 10.1 Å². The number of aromatic nitrogens is 1. The number of rotatable bonds is 4. The summed E-state index contributed by atoms with van der Waals surface area (Å²) in [5.74, 6) is -2.41. The maximum Gasteiger partial charge on any atom is 0.308 e. The van der Waals surface area contributed by atoms with Crippen LogP contribution in [0.3, 0.4) is 0 Å². The van der Waals surface area contributed by atoms with Crippen LogP contribution in [0.15, 0.2) is 47.8 Å². The molecule has 26 heavy (non-hydrogen) atoms. The molecule has 0 radical (unpaired) electrons. The molecule has 1 aromatic heterocycles. The minimum absolute atomic E-state index is 0.318. The van der Waals surface area contributed by atoms with E-state index in [1.165, 1.54) is 37.3 Å². The Kier molecular flexibility index (Phi) is 5.04. The maximum atomic E-state index is 13.3. The molecule has 0 fully saturated rings. The number of nitrogens with zero attached hydrogens (tertiary/aromatic N) is 1. The molecule has 132 valence electrons. The SMILES string of the molecule is CC(=O)Oc1ccc(C(=O)Nc2nc(-c3ccc(F)c(F)c3)cs2)cc1. The summed E-state index contributed by atoms with van der Waals surface area (Å²) < 4.78 is 31.2. The number of ether oxygens (including phenoxy) is 1. The number of amides is 1. The van der Waals surface area contributed by atoms with E-state index in [2.05, 4.69) is 10.3 Å². The Morgan fingerprint density at radius 1 is 1.08 bits per heavy atom. The number of nitrogens with one attached hydrogen (secondary N) is 1. The van der Waals surface area contributed by atoms with Crippen LogP contribution in [0.2, 0.25) is 0 Å². The second kappa shape index (κ2) is 7.40. The lowest BCUT2D eigenvalue weighted by Gasteiger charge is -2.04. The number of halogens is 2. The average Bonchev–Trinajstić information content (AvgIpc) is 3.06. The number of hydrogen-bond donors (Lipinski definition) is 1. The molecule has 0 spiro atoms. The normalized spacial score (nSPS) is 10.4. The number of carbonyl (C=O) groups excluding carboxylic acids is 2. The summed E-state index contributed by atoms with van der Waals surface area (Å²) in [6.45, 7) is 1.29. The van der Waals surface area contributed by atoms with Gasteiger partial charge in [0, 0.05) is 23.4 Å². The lowest BCUT2D eigenvalue weighted by atomic mass is 10.2. The number of esters is 1. The third kappa shape index (κ3) is 4.09. The van der Waals surface area contributed by atoms with E-state index in [9.17, 15) is 18.4 Å². The molecular formula is C18H12F2N2O3S. The second-order valence-electron chi connectivity index (χ2n) is 5.24. The van der Waals surface area contributed by atoms with Gasteiger partial charge in [0.05, 0.1) is 5.69 Å². The summed E-state index contributed by atoms with van der Waals surface area (Å²) in [6, 6.07) is 9.51. The molecule has 0 bridgehead atoms. The second-order valence-corrected chi connectivity index (χ2v) is 6.10. The molecule has 0 atom stereocenters. The average molecular weight is 374 g/mol. The Hall–Kier alpha value is -3.13. The van der Waals surface area contributed by atoms with Gasteiger partial charge in [-0.3, -0.25) is 14.9 Å². The molecule has 2 aromatic carbocycles. The molecule has 3 rings (SSSR count). The van der Waals surface area contributed by atoms with Crippen LogP contribution in [0, 0.1) is 11.6 Å². The zero-order valence-corrected chi connectivity index (χ0v) is 14.3. The van der Waals surface area contributed by atoms with Crippen LogP contribution in [-0.4, -0.2) is 16.9 Å². The van der Waals surface area contributed by atoms with E-state index in [0.717, 1.165) is 23.5 Å². The lowest BCUT2D eigenvalue weighted by molar-refractivity contribution is -0.131. The van der Waals surface area contributed by atoms with Gasteiger partial charge in [-0.1, -0.05) is 0 Å². The molecule has 5 nitrogen and oxygen atoms in total. The van der Waals surface area contributed by atoms with Gasteiger partial charge in [-0.05, 0) is 42.5 Å². The summed E-state index contributed by atoms with van der Waals surface area (Å²) in [5, 5.41) is 4.58. The first-order chi connectivity index (χ1) is 12.4. The number of carbonyl (C=O) groups is 2. The van der Waals surface area contributed by atoms with E-state index < -0.39 is 23.5 Å². The van der Waals surface area contributed by atoms with Crippen molar-refractivity contribution in [1.29, 1.82) is 0 Å². The fourth-order valence-corrected chi connectivity index (χ4v) is 2.84. The van der Waals surface area contributed by atoms with Gasteiger partial charge in [0.15, 0.2) is 16.8 Å². The summed E-state index contributed by atoms with van der Waals surface area (Å²) in [6.07, 6.45) is 0. The predicted octanol–water partition coefficient (Wildman–Crippen LogP) is 4.27. The van der Waals surface area contributed by atoms with E-state index in [-0.39, 0.29) is 0 Å². The zero-order valence-electron chi connectivity index (χ0n) is 13.5. The molecule has 0 aliphatic rings. The zero-order chi connectivity index (χ0) is 18.7. The minimum Gasteiger partial charge on any atom is -0.427 e. The van der Waals surface area contributed by atoms with Crippen molar-refractivity contribution in [3.8, 4) is 17.0 Å². The minimum atomic E-state index is -0.964. The van der Waals surface area contributed by atoms with Gasteiger partial charge in [0.1, 0.15) is 5.75 Å². The van der Waals surface area contributed by atoms with Crippen LogP contribution >= 0.6 is 11.3 Å². The lowest BCUT2D eigenvalue weighted by Crippen LogP contribution is -2.11. The number of hydrogen-bond acceptors (Lipinski definition) is 5. The van der Waals surface area contributed by atoms with Gasteiger partial charge in [-0.15, -0.1) is 11.3 Å². The van der Waals surface area contributed by atoms with Crippen molar-refractivity contribution >= 4 is 28.3 Å². The first kappa shape index (κ1) is 17.7. The van der Waals surface area contributed by atoms with Crippen molar-refractivity contribution < 1.29 is 23.1 Å². The molecule has 8 heteroatoms. The highest BCUT2D eigenvalue weighted by Crippen LogP contribution is 2.26. The van der Waals surface area contributed by atoms with Crippen LogP contribution in [-0.2, 0) is 4.79 Å². The monoisotopic (exact) mass is 374 g/mol. The Bertz CT molecular complexity index is 971. The van der Waals surface area contributed by atoms with Crippen LogP contribution in [0.5, 0.6) is 5.75 Å². The molecular weight excluding hydrogens is 362 g/mol. The molecule has 0 unspecified atom stereocenters. The van der Waals surface area contributed by atoms with E-state index in [1.54, 1.807) is 5.38 Å². The maximum absolute atomic E-state index is 13.3. The Labute approximate surface area is 151 Å². The van der Waals surface area contributed by atoms with E-state index in [1.807, 2.05) is 0 Å². The summed E-state index contributed by atoms with van der Waals surface area (Å²) >= 11 is 1.16. The van der Waals surface area contributed by atoms with Gasteiger partial charge < -0.3 is 4.74 Å². The first-order valence-electron chi connectivity index (χ1n) is 7.43. The van der Waals surface area contributed by atoms with E-state index >= 15 is 0 Å². The summed E-state index contributed by atoms with van der Waals surface area (Å²) in [5.41, 5.74) is 1.19. The number of benzene rings is 2. The van der Waals surface area contributed by atoms with Crippen LogP contribution in [0.1, 0.15) is 17.3 Å². The topological polar surface area (TPSA) is 68.3 Å². The third-order valence-electron chi connectivity index (χ3n) is 3.32. The van der Waals surface area contributed by atoms with Crippen molar-refractivity contribution in [2.24, 2.45) is 0 Å². The van der Waals surface area contributed by atoms with Gasteiger partial charge in [0.2, 0.25) is 0 Å². The Morgan fingerprint density at radius 3 is 2.46 bits per heavy atom. The molecule has 0 aliphatic carbocycles. The molecule has 0 saturated heterocycles. The largest absolute Gasteiger partial charge is 0.427 e.